The highest BCUT2D eigenvalue weighted by atomic mass is 35.5. The van der Waals surface area contributed by atoms with E-state index in [4.69, 9.17) is 21.1 Å². The Bertz CT molecular complexity index is 1370. The summed E-state index contributed by atoms with van der Waals surface area (Å²) in [7, 11) is 1.46. The quantitative estimate of drug-likeness (QED) is 0.389. The number of fused-ring (bicyclic) bond motifs is 1. The number of ketones is 1. The Balaban J connectivity index is 1.56. The van der Waals surface area contributed by atoms with Gasteiger partial charge in [0.1, 0.15) is 11.5 Å². The van der Waals surface area contributed by atoms with E-state index in [9.17, 15) is 4.79 Å². The minimum atomic E-state index is -0.535. The maximum absolute atomic E-state index is 15.1. The van der Waals surface area contributed by atoms with Crippen LogP contribution >= 0.6 is 11.6 Å². The van der Waals surface area contributed by atoms with Crippen molar-refractivity contribution in [2.24, 2.45) is 0 Å². The number of benzene rings is 2. The molecule has 1 aliphatic rings. The highest BCUT2D eigenvalue weighted by Crippen LogP contribution is 2.35. The van der Waals surface area contributed by atoms with Crippen molar-refractivity contribution in [3.63, 3.8) is 0 Å². The summed E-state index contributed by atoms with van der Waals surface area (Å²) in [4.78, 5) is 19.8. The van der Waals surface area contributed by atoms with Crippen molar-refractivity contribution in [3.8, 4) is 17.0 Å². The smallest absolute Gasteiger partial charge is 0.233 e. The first-order valence-electron chi connectivity index (χ1n) is 10.7. The van der Waals surface area contributed by atoms with Crippen LogP contribution in [0.2, 0.25) is 5.02 Å². The fourth-order valence-electron chi connectivity index (χ4n) is 4.01. The molecule has 1 aliphatic heterocycles. The third-order valence-electron chi connectivity index (χ3n) is 5.78. The number of carbonyl (C=O) groups excluding carboxylic acids is 1. The van der Waals surface area contributed by atoms with Gasteiger partial charge in [-0.1, -0.05) is 17.7 Å². The van der Waals surface area contributed by atoms with Crippen LogP contribution in [-0.4, -0.2) is 54.4 Å². The van der Waals surface area contributed by atoms with Gasteiger partial charge in [-0.25, -0.2) is 4.39 Å². The summed E-state index contributed by atoms with van der Waals surface area (Å²) in [5.41, 5.74) is 2.83. The molecule has 1 fully saturated rings. The Labute approximate surface area is 200 Å². The highest BCUT2D eigenvalue weighted by molar-refractivity contribution is 6.35. The molecular weight excluding hydrogens is 459 g/mol. The van der Waals surface area contributed by atoms with Crippen molar-refractivity contribution >= 4 is 34.0 Å². The summed E-state index contributed by atoms with van der Waals surface area (Å²) in [5.74, 6) is -0.719. The molecule has 0 aliphatic carbocycles. The molecular formula is C25H20ClFN4O3. The van der Waals surface area contributed by atoms with Gasteiger partial charge in [-0.05, 0) is 42.0 Å². The van der Waals surface area contributed by atoms with Crippen LogP contribution in [0.3, 0.4) is 0 Å². The van der Waals surface area contributed by atoms with E-state index >= 15 is 4.39 Å². The van der Waals surface area contributed by atoms with Crippen LogP contribution in [0.5, 0.6) is 5.88 Å². The van der Waals surface area contributed by atoms with Gasteiger partial charge in [0, 0.05) is 47.6 Å². The Morgan fingerprint density at radius 1 is 1.06 bits per heavy atom. The second-order valence-electron chi connectivity index (χ2n) is 7.76. The monoisotopic (exact) mass is 478 g/mol. The van der Waals surface area contributed by atoms with Gasteiger partial charge in [-0.2, -0.15) is 0 Å². The summed E-state index contributed by atoms with van der Waals surface area (Å²) in [6.07, 6.45) is 1.63. The van der Waals surface area contributed by atoms with E-state index in [1.165, 1.54) is 25.3 Å². The number of methoxy groups -OCH3 is 1. The molecule has 3 heterocycles. The lowest BCUT2D eigenvalue weighted by atomic mass is 9.96. The van der Waals surface area contributed by atoms with E-state index in [-0.39, 0.29) is 27.7 Å². The number of carbonyl (C=O) groups is 1. The zero-order valence-corrected chi connectivity index (χ0v) is 19.1. The predicted molar refractivity (Wildman–Crippen MR) is 127 cm³/mol. The number of rotatable bonds is 5. The Morgan fingerprint density at radius 2 is 1.88 bits per heavy atom. The fourth-order valence-corrected chi connectivity index (χ4v) is 4.24. The lowest BCUT2D eigenvalue weighted by Gasteiger charge is -2.29. The van der Waals surface area contributed by atoms with E-state index in [2.05, 4.69) is 20.1 Å². The standard InChI is InChI=1S/C25H20ClFN4O3/c1-33-24-5-4-22(29-30-24)25(32)19-13-18(21(27)14-20(19)26)16-6-7-28-23-12-15(2-3-17(16)23)31-8-10-34-11-9-31/h2-7,12-14H,8-11H2,1H3. The van der Waals surface area contributed by atoms with Crippen molar-refractivity contribution in [2.45, 2.75) is 0 Å². The molecule has 2 aromatic carbocycles. The van der Waals surface area contributed by atoms with Crippen molar-refractivity contribution in [1.82, 2.24) is 15.2 Å². The molecule has 0 atom stereocenters. The highest BCUT2D eigenvalue weighted by Gasteiger charge is 2.20. The SMILES string of the molecule is COc1ccc(C(=O)c2cc(-c3ccnc4cc(N5CCOCC5)ccc34)c(F)cc2Cl)nn1. The fraction of sp³-hybridized carbons (Fsp3) is 0.200. The molecule has 0 amide bonds. The summed E-state index contributed by atoms with van der Waals surface area (Å²) >= 11 is 6.26. The van der Waals surface area contributed by atoms with Crippen LogP contribution in [-0.2, 0) is 4.74 Å². The van der Waals surface area contributed by atoms with Crippen molar-refractivity contribution < 1.29 is 18.7 Å². The first-order valence-corrected chi connectivity index (χ1v) is 11.1. The average molecular weight is 479 g/mol. The third-order valence-corrected chi connectivity index (χ3v) is 6.09. The number of ether oxygens (including phenoxy) is 2. The molecule has 172 valence electrons. The molecule has 4 aromatic rings. The van der Waals surface area contributed by atoms with E-state index in [0.29, 0.717) is 18.8 Å². The van der Waals surface area contributed by atoms with Crippen LogP contribution in [0.4, 0.5) is 10.1 Å². The largest absolute Gasteiger partial charge is 0.480 e. The summed E-state index contributed by atoms with van der Waals surface area (Å²) < 4.78 is 25.5. The number of nitrogens with zero attached hydrogens (tertiary/aromatic N) is 4. The molecule has 0 saturated carbocycles. The molecule has 0 N–H and O–H groups in total. The molecule has 0 unspecified atom stereocenters. The molecule has 0 radical (unpaired) electrons. The van der Waals surface area contributed by atoms with Gasteiger partial charge in [-0.3, -0.25) is 9.78 Å². The van der Waals surface area contributed by atoms with Crippen LogP contribution in [0.25, 0.3) is 22.0 Å². The van der Waals surface area contributed by atoms with Crippen LogP contribution < -0.4 is 9.64 Å². The molecule has 34 heavy (non-hydrogen) atoms. The molecule has 1 saturated heterocycles. The molecule has 0 spiro atoms. The third kappa shape index (κ3) is 4.18. The van der Waals surface area contributed by atoms with Gasteiger partial charge in [0.15, 0.2) is 0 Å². The number of hydrogen-bond donors (Lipinski definition) is 0. The number of halogens is 2. The van der Waals surface area contributed by atoms with Crippen LogP contribution in [0, 0.1) is 5.82 Å². The zero-order valence-electron chi connectivity index (χ0n) is 18.3. The van der Waals surface area contributed by atoms with Gasteiger partial charge >= 0.3 is 0 Å². The van der Waals surface area contributed by atoms with Gasteiger partial charge in [-0.15, -0.1) is 10.2 Å². The van der Waals surface area contributed by atoms with Gasteiger partial charge in [0.05, 0.1) is 30.9 Å². The first kappa shape index (κ1) is 22.2. The molecule has 0 bridgehead atoms. The van der Waals surface area contributed by atoms with E-state index < -0.39 is 11.6 Å². The molecule has 2 aromatic heterocycles. The number of anilines is 1. The normalized spacial score (nSPS) is 13.8. The summed E-state index contributed by atoms with van der Waals surface area (Å²) in [6, 6.07) is 13.2. The predicted octanol–water partition coefficient (Wildman–Crippen LogP) is 4.56. The lowest BCUT2D eigenvalue weighted by molar-refractivity contribution is 0.103. The minimum Gasteiger partial charge on any atom is -0.480 e. The topological polar surface area (TPSA) is 77.4 Å². The number of pyridine rings is 1. The minimum absolute atomic E-state index is 0.00293. The molecule has 7 nitrogen and oxygen atoms in total. The maximum atomic E-state index is 15.1. The van der Waals surface area contributed by atoms with E-state index in [0.717, 1.165) is 35.7 Å². The van der Waals surface area contributed by atoms with E-state index in [1.807, 2.05) is 18.2 Å². The lowest BCUT2D eigenvalue weighted by Crippen LogP contribution is -2.36. The number of aromatic nitrogens is 3. The Kier molecular flexibility index (Phi) is 6.08. The number of hydrogen-bond acceptors (Lipinski definition) is 7. The summed E-state index contributed by atoms with van der Waals surface area (Å²) in [5, 5.41) is 8.49. The second-order valence-corrected chi connectivity index (χ2v) is 8.17. The Hall–Kier alpha value is -3.62. The Morgan fingerprint density at radius 3 is 2.62 bits per heavy atom. The number of morpholine rings is 1. The molecule has 5 rings (SSSR count). The molecule has 9 heteroatoms. The first-order chi connectivity index (χ1) is 16.5. The van der Waals surface area contributed by atoms with Crippen molar-refractivity contribution in [2.75, 3.05) is 38.3 Å². The van der Waals surface area contributed by atoms with Crippen molar-refractivity contribution in [1.29, 1.82) is 0 Å². The van der Waals surface area contributed by atoms with Crippen molar-refractivity contribution in [3.05, 3.63) is 76.8 Å². The van der Waals surface area contributed by atoms with E-state index in [1.54, 1.807) is 12.3 Å². The maximum Gasteiger partial charge on any atom is 0.233 e. The van der Waals surface area contributed by atoms with Gasteiger partial charge in [0.2, 0.25) is 11.7 Å². The average Bonchev–Trinajstić information content (AvgIpc) is 2.88. The zero-order chi connectivity index (χ0) is 23.7. The second kappa shape index (κ2) is 9.32. The van der Waals surface area contributed by atoms with Crippen LogP contribution in [0.15, 0.2) is 54.7 Å². The van der Waals surface area contributed by atoms with Crippen LogP contribution in [0.1, 0.15) is 16.1 Å². The van der Waals surface area contributed by atoms with Gasteiger partial charge in [0.25, 0.3) is 0 Å². The van der Waals surface area contributed by atoms with Gasteiger partial charge < -0.3 is 14.4 Å². The summed E-state index contributed by atoms with van der Waals surface area (Å²) in [6.45, 7) is 2.96.